The monoisotopic (exact) mass is 278 g/mol. The molecular formula is C18H30O2. The highest BCUT2D eigenvalue weighted by molar-refractivity contribution is 5.72. The van der Waals surface area contributed by atoms with Crippen LogP contribution in [0.4, 0.5) is 0 Å². The Labute approximate surface area is 123 Å². The molecule has 114 valence electrons. The summed E-state index contributed by atoms with van der Waals surface area (Å²) in [6.45, 7) is 8.36. The van der Waals surface area contributed by atoms with Gasteiger partial charge in [-0.05, 0) is 68.1 Å². The Balaban J connectivity index is 1.77. The van der Waals surface area contributed by atoms with Gasteiger partial charge in [-0.25, -0.2) is 0 Å². The summed E-state index contributed by atoms with van der Waals surface area (Å²) in [7, 11) is 0. The molecule has 0 spiro atoms. The standard InChI is InChI=1S/C18H30O2/c1-11(2)17(19)20-18(12(3)4)8-7-15-13-5-6-14(9-13)16(15)10-18/h11-16H,5-10H2,1-4H3. The van der Waals surface area contributed by atoms with Crippen molar-refractivity contribution in [2.24, 2.45) is 35.5 Å². The van der Waals surface area contributed by atoms with Crippen molar-refractivity contribution in [2.45, 2.75) is 71.8 Å². The van der Waals surface area contributed by atoms with Gasteiger partial charge in [0.05, 0.1) is 5.92 Å². The molecule has 0 radical (unpaired) electrons. The lowest BCUT2D eigenvalue weighted by molar-refractivity contribution is -0.179. The highest BCUT2D eigenvalue weighted by Gasteiger charge is 2.55. The van der Waals surface area contributed by atoms with Gasteiger partial charge in [-0.2, -0.15) is 0 Å². The van der Waals surface area contributed by atoms with Gasteiger partial charge >= 0.3 is 5.97 Å². The first-order chi connectivity index (χ1) is 9.43. The summed E-state index contributed by atoms with van der Waals surface area (Å²) in [5.74, 6) is 4.13. The minimum atomic E-state index is -0.174. The van der Waals surface area contributed by atoms with Crippen LogP contribution in [0.2, 0.25) is 0 Å². The van der Waals surface area contributed by atoms with Crippen LogP contribution < -0.4 is 0 Å². The third kappa shape index (κ3) is 2.19. The molecule has 0 saturated heterocycles. The van der Waals surface area contributed by atoms with E-state index in [-0.39, 0.29) is 17.5 Å². The molecule has 0 amide bonds. The zero-order valence-electron chi connectivity index (χ0n) is 13.5. The Kier molecular flexibility index (Phi) is 3.63. The number of hydrogen-bond acceptors (Lipinski definition) is 2. The molecule has 3 aliphatic carbocycles. The number of rotatable bonds is 3. The average molecular weight is 278 g/mol. The second-order valence-corrected chi connectivity index (χ2v) is 8.20. The second kappa shape index (κ2) is 5.03. The largest absolute Gasteiger partial charge is 0.459 e. The predicted octanol–water partition coefficient (Wildman–Crippen LogP) is 4.43. The number of carbonyl (C=O) groups is 1. The van der Waals surface area contributed by atoms with Gasteiger partial charge in [0, 0.05) is 0 Å². The van der Waals surface area contributed by atoms with E-state index in [1.54, 1.807) is 0 Å². The molecule has 20 heavy (non-hydrogen) atoms. The summed E-state index contributed by atoms with van der Waals surface area (Å²) in [5, 5.41) is 0. The van der Waals surface area contributed by atoms with Gasteiger partial charge in [0.15, 0.2) is 0 Å². The Morgan fingerprint density at radius 1 is 1.05 bits per heavy atom. The van der Waals surface area contributed by atoms with Crippen molar-refractivity contribution in [3.8, 4) is 0 Å². The van der Waals surface area contributed by atoms with E-state index in [0.29, 0.717) is 5.92 Å². The Bertz CT molecular complexity index is 387. The molecule has 0 aromatic carbocycles. The van der Waals surface area contributed by atoms with E-state index in [4.69, 9.17) is 4.74 Å². The molecule has 5 atom stereocenters. The first-order valence-electron chi connectivity index (χ1n) is 8.66. The lowest BCUT2D eigenvalue weighted by atomic mass is 9.63. The summed E-state index contributed by atoms with van der Waals surface area (Å²) in [5.41, 5.74) is -0.174. The van der Waals surface area contributed by atoms with Crippen molar-refractivity contribution >= 4 is 5.97 Å². The van der Waals surface area contributed by atoms with E-state index in [9.17, 15) is 4.79 Å². The quantitative estimate of drug-likeness (QED) is 0.714. The van der Waals surface area contributed by atoms with Crippen LogP contribution in [-0.2, 0) is 9.53 Å². The van der Waals surface area contributed by atoms with Gasteiger partial charge in [0.1, 0.15) is 5.60 Å². The molecule has 2 heteroatoms. The van der Waals surface area contributed by atoms with E-state index >= 15 is 0 Å². The van der Waals surface area contributed by atoms with Crippen LogP contribution in [0.15, 0.2) is 0 Å². The van der Waals surface area contributed by atoms with Gasteiger partial charge in [0.2, 0.25) is 0 Å². The van der Waals surface area contributed by atoms with Gasteiger partial charge in [0.25, 0.3) is 0 Å². The molecule has 3 saturated carbocycles. The first kappa shape index (κ1) is 14.4. The minimum absolute atomic E-state index is 0.000284. The normalized spacial score (nSPS) is 43.1. The lowest BCUT2D eigenvalue weighted by Crippen LogP contribution is -2.48. The Morgan fingerprint density at radius 2 is 1.70 bits per heavy atom. The number of ether oxygens (including phenoxy) is 1. The van der Waals surface area contributed by atoms with Crippen LogP contribution in [-0.4, -0.2) is 11.6 Å². The topological polar surface area (TPSA) is 26.3 Å². The molecule has 0 aliphatic heterocycles. The van der Waals surface area contributed by atoms with Gasteiger partial charge in [-0.1, -0.05) is 27.7 Å². The summed E-state index contributed by atoms with van der Waals surface area (Å²) >= 11 is 0. The van der Waals surface area contributed by atoms with Crippen LogP contribution >= 0.6 is 0 Å². The highest BCUT2D eigenvalue weighted by Crippen LogP contribution is 2.60. The number of esters is 1. The van der Waals surface area contributed by atoms with Crippen molar-refractivity contribution in [1.29, 1.82) is 0 Å². The molecule has 0 aromatic heterocycles. The van der Waals surface area contributed by atoms with Crippen LogP contribution in [0.25, 0.3) is 0 Å². The molecule has 2 nitrogen and oxygen atoms in total. The molecule has 0 N–H and O–H groups in total. The van der Waals surface area contributed by atoms with Crippen molar-refractivity contribution in [1.82, 2.24) is 0 Å². The summed E-state index contributed by atoms with van der Waals surface area (Å²) in [6, 6.07) is 0. The Hall–Kier alpha value is -0.530. The van der Waals surface area contributed by atoms with E-state index < -0.39 is 0 Å². The number of hydrogen-bond donors (Lipinski definition) is 0. The van der Waals surface area contributed by atoms with E-state index in [0.717, 1.165) is 36.5 Å². The predicted molar refractivity (Wildman–Crippen MR) is 80.2 cm³/mol. The maximum atomic E-state index is 12.2. The lowest BCUT2D eigenvalue weighted by Gasteiger charge is -2.48. The minimum Gasteiger partial charge on any atom is -0.459 e. The third-order valence-electron chi connectivity index (χ3n) is 6.58. The SMILES string of the molecule is CC(C)C(=O)OC1(C(C)C)CCC2C3CCC(C3)C2C1. The van der Waals surface area contributed by atoms with Crippen LogP contribution in [0, 0.1) is 35.5 Å². The van der Waals surface area contributed by atoms with Crippen molar-refractivity contribution in [3.05, 3.63) is 0 Å². The molecule has 2 bridgehead atoms. The highest BCUT2D eigenvalue weighted by atomic mass is 16.6. The molecule has 0 aromatic rings. The van der Waals surface area contributed by atoms with Crippen molar-refractivity contribution in [3.63, 3.8) is 0 Å². The first-order valence-corrected chi connectivity index (χ1v) is 8.66. The van der Waals surface area contributed by atoms with Crippen LogP contribution in [0.5, 0.6) is 0 Å². The summed E-state index contributed by atoms with van der Waals surface area (Å²) in [6.07, 6.45) is 7.87. The molecule has 3 rings (SSSR count). The number of carbonyl (C=O) groups excluding carboxylic acids is 1. The number of fused-ring (bicyclic) bond motifs is 5. The van der Waals surface area contributed by atoms with Crippen LogP contribution in [0.3, 0.4) is 0 Å². The molecule has 3 fully saturated rings. The van der Waals surface area contributed by atoms with E-state index in [2.05, 4.69) is 13.8 Å². The van der Waals surface area contributed by atoms with Gasteiger partial charge in [-0.15, -0.1) is 0 Å². The fourth-order valence-electron chi connectivity index (χ4n) is 5.26. The average Bonchev–Trinajstić information content (AvgIpc) is 2.99. The fourth-order valence-corrected chi connectivity index (χ4v) is 5.26. The zero-order valence-corrected chi connectivity index (χ0v) is 13.5. The van der Waals surface area contributed by atoms with Gasteiger partial charge in [-0.3, -0.25) is 4.79 Å². The molecule has 3 aliphatic rings. The smallest absolute Gasteiger partial charge is 0.308 e. The third-order valence-corrected chi connectivity index (χ3v) is 6.58. The van der Waals surface area contributed by atoms with Crippen LogP contribution in [0.1, 0.15) is 66.2 Å². The summed E-state index contributed by atoms with van der Waals surface area (Å²) < 4.78 is 6.08. The maximum absolute atomic E-state index is 12.2. The zero-order chi connectivity index (χ0) is 14.5. The fraction of sp³-hybridized carbons (Fsp3) is 0.944. The summed E-state index contributed by atoms with van der Waals surface area (Å²) in [4.78, 5) is 12.2. The molecule has 0 heterocycles. The molecular weight excluding hydrogens is 248 g/mol. The maximum Gasteiger partial charge on any atom is 0.308 e. The van der Waals surface area contributed by atoms with E-state index in [1.807, 2.05) is 13.8 Å². The van der Waals surface area contributed by atoms with Gasteiger partial charge < -0.3 is 4.74 Å². The van der Waals surface area contributed by atoms with Crippen molar-refractivity contribution < 1.29 is 9.53 Å². The van der Waals surface area contributed by atoms with E-state index in [1.165, 1.54) is 25.7 Å². The van der Waals surface area contributed by atoms with Crippen molar-refractivity contribution in [2.75, 3.05) is 0 Å². The molecule has 5 unspecified atom stereocenters. The second-order valence-electron chi connectivity index (χ2n) is 8.20. The Morgan fingerprint density at radius 3 is 2.30 bits per heavy atom.